The average Bonchev–Trinajstić information content (AvgIpc) is 2.41. The lowest BCUT2D eigenvalue weighted by molar-refractivity contribution is 0.474. The van der Waals surface area contributed by atoms with Gasteiger partial charge in [0.05, 0.1) is 5.02 Å². The number of nitrogen functional groups attached to an aromatic ring is 1. The molecule has 0 unspecified atom stereocenters. The molecule has 2 aromatic rings. The van der Waals surface area contributed by atoms with Crippen LogP contribution in [0.25, 0.3) is 6.08 Å². The average molecular weight is 277 g/mol. The van der Waals surface area contributed by atoms with E-state index < -0.39 is 0 Å². The molecule has 19 heavy (non-hydrogen) atoms. The van der Waals surface area contributed by atoms with E-state index >= 15 is 0 Å². The molecule has 3 nitrogen and oxygen atoms in total. The predicted octanol–water partition coefficient (Wildman–Crippen LogP) is 4.00. The van der Waals surface area contributed by atoms with E-state index in [-0.39, 0.29) is 5.75 Å². The maximum atomic E-state index is 9.14. The van der Waals surface area contributed by atoms with Crippen molar-refractivity contribution in [3.8, 4) is 5.75 Å². The first-order chi connectivity index (χ1) is 9.08. The Kier molecular flexibility index (Phi) is 5.76. The van der Waals surface area contributed by atoms with Gasteiger partial charge in [0.15, 0.2) is 0 Å². The summed E-state index contributed by atoms with van der Waals surface area (Å²) in [6.07, 6.45) is 1.53. The van der Waals surface area contributed by atoms with Crippen LogP contribution in [0.4, 0.5) is 11.4 Å². The van der Waals surface area contributed by atoms with Crippen molar-refractivity contribution >= 4 is 29.1 Å². The molecule has 0 aliphatic heterocycles. The summed E-state index contributed by atoms with van der Waals surface area (Å²) in [5.74, 6) is 0.169. The zero-order valence-corrected chi connectivity index (χ0v) is 11.5. The quantitative estimate of drug-likeness (QED) is 0.727. The van der Waals surface area contributed by atoms with Gasteiger partial charge in [0.2, 0.25) is 0 Å². The number of phenolic OH excluding ortho intramolecular Hbond substituents is 1. The molecule has 0 spiro atoms. The van der Waals surface area contributed by atoms with Gasteiger partial charge in [-0.3, -0.25) is 0 Å². The molecule has 0 atom stereocenters. The number of rotatable bonds is 2. The molecule has 0 aromatic heterocycles. The van der Waals surface area contributed by atoms with Crippen molar-refractivity contribution in [2.75, 3.05) is 18.1 Å². The van der Waals surface area contributed by atoms with Crippen molar-refractivity contribution in [3.05, 3.63) is 59.6 Å². The first-order valence-electron chi connectivity index (χ1n) is 5.71. The Morgan fingerprint density at radius 2 is 1.84 bits per heavy atom. The van der Waals surface area contributed by atoms with Crippen LogP contribution in [0.3, 0.4) is 0 Å². The van der Waals surface area contributed by atoms with Gasteiger partial charge in [0.25, 0.3) is 0 Å². The molecule has 0 bridgehead atoms. The zero-order valence-electron chi connectivity index (χ0n) is 10.7. The van der Waals surface area contributed by atoms with Gasteiger partial charge in [-0.1, -0.05) is 30.3 Å². The van der Waals surface area contributed by atoms with Crippen LogP contribution < -0.4 is 11.1 Å². The highest BCUT2D eigenvalue weighted by Crippen LogP contribution is 2.25. The van der Waals surface area contributed by atoms with E-state index in [9.17, 15) is 0 Å². The normalized spacial score (nSPS) is 9.16. The van der Waals surface area contributed by atoms with Crippen molar-refractivity contribution < 1.29 is 5.11 Å². The second-order valence-electron chi connectivity index (χ2n) is 3.75. The molecular weight excluding hydrogens is 260 g/mol. The predicted molar refractivity (Wildman–Crippen MR) is 83.6 cm³/mol. The summed E-state index contributed by atoms with van der Waals surface area (Å²) in [5.41, 5.74) is 7.93. The molecule has 2 aromatic carbocycles. The summed E-state index contributed by atoms with van der Waals surface area (Å²) < 4.78 is 0. The van der Waals surface area contributed by atoms with Crippen molar-refractivity contribution in [2.24, 2.45) is 0 Å². The van der Waals surface area contributed by atoms with E-state index in [1.165, 1.54) is 6.08 Å². The third kappa shape index (κ3) is 4.56. The maximum Gasteiger partial charge on any atom is 0.124 e. The van der Waals surface area contributed by atoms with Crippen molar-refractivity contribution in [3.63, 3.8) is 0 Å². The monoisotopic (exact) mass is 276 g/mol. The summed E-state index contributed by atoms with van der Waals surface area (Å²) in [6, 6.07) is 12.6. The number of anilines is 2. The summed E-state index contributed by atoms with van der Waals surface area (Å²) in [7, 11) is 1.88. The highest BCUT2D eigenvalue weighted by molar-refractivity contribution is 6.32. The van der Waals surface area contributed by atoms with E-state index in [0.29, 0.717) is 10.6 Å². The van der Waals surface area contributed by atoms with Gasteiger partial charge in [-0.05, 0) is 36.4 Å². The Morgan fingerprint density at radius 1 is 1.21 bits per heavy atom. The second-order valence-corrected chi connectivity index (χ2v) is 4.16. The molecule has 0 amide bonds. The van der Waals surface area contributed by atoms with Gasteiger partial charge < -0.3 is 16.2 Å². The largest absolute Gasteiger partial charge is 0.507 e. The molecule has 4 N–H and O–H groups in total. The molecule has 2 rings (SSSR count). The van der Waals surface area contributed by atoms with Crippen molar-refractivity contribution in [1.29, 1.82) is 0 Å². The fourth-order valence-electron chi connectivity index (χ4n) is 1.38. The first kappa shape index (κ1) is 14.9. The summed E-state index contributed by atoms with van der Waals surface area (Å²) >= 11 is 5.70. The SMILES string of the molecule is C=Cc1c(O)cccc1Cl.CNc1ccc(N)cc1. The Balaban J connectivity index is 0.000000191. The van der Waals surface area contributed by atoms with Gasteiger partial charge in [-0.25, -0.2) is 0 Å². The summed E-state index contributed by atoms with van der Waals surface area (Å²) in [6.45, 7) is 3.51. The number of hydrogen-bond acceptors (Lipinski definition) is 3. The Labute approximate surface area is 118 Å². The lowest BCUT2D eigenvalue weighted by atomic mass is 10.2. The van der Waals surface area contributed by atoms with Crippen LogP contribution in [0.1, 0.15) is 5.56 Å². The molecule has 0 saturated heterocycles. The molecule has 0 aliphatic carbocycles. The lowest BCUT2D eigenvalue weighted by Crippen LogP contribution is -1.88. The van der Waals surface area contributed by atoms with Gasteiger partial charge >= 0.3 is 0 Å². The number of benzene rings is 2. The van der Waals surface area contributed by atoms with Gasteiger partial charge in [-0.2, -0.15) is 0 Å². The van der Waals surface area contributed by atoms with Gasteiger partial charge in [0, 0.05) is 24.0 Å². The molecule has 4 heteroatoms. The molecular formula is C15H17ClN2O. The zero-order chi connectivity index (χ0) is 14.3. The highest BCUT2D eigenvalue weighted by Gasteiger charge is 1.99. The minimum atomic E-state index is 0.169. The third-order valence-electron chi connectivity index (χ3n) is 2.43. The Morgan fingerprint density at radius 3 is 2.26 bits per heavy atom. The standard InChI is InChI=1S/C8H7ClO.C7H10N2/c1-2-6-7(9)4-3-5-8(6)10;1-9-7-4-2-6(8)3-5-7/h2-5,10H,1H2;2-5,9H,8H2,1H3. The highest BCUT2D eigenvalue weighted by atomic mass is 35.5. The van der Waals surface area contributed by atoms with Crippen LogP contribution in [-0.4, -0.2) is 12.2 Å². The summed E-state index contributed by atoms with van der Waals surface area (Å²) in [4.78, 5) is 0. The maximum absolute atomic E-state index is 9.14. The van der Waals surface area contributed by atoms with Gasteiger partial charge in [0.1, 0.15) is 5.75 Å². The van der Waals surface area contributed by atoms with E-state index in [1.807, 2.05) is 31.3 Å². The number of hydrogen-bond donors (Lipinski definition) is 3. The van der Waals surface area contributed by atoms with Crippen LogP contribution in [0, 0.1) is 0 Å². The Hall–Kier alpha value is -2.13. The van der Waals surface area contributed by atoms with Crippen LogP contribution >= 0.6 is 11.6 Å². The number of halogens is 1. The molecule has 0 heterocycles. The van der Waals surface area contributed by atoms with E-state index in [2.05, 4.69) is 11.9 Å². The molecule has 0 radical (unpaired) electrons. The van der Waals surface area contributed by atoms with Crippen molar-refractivity contribution in [1.82, 2.24) is 0 Å². The van der Waals surface area contributed by atoms with Crippen LogP contribution in [-0.2, 0) is 0 Å². The first-order valence-corrected chi connectivity index (χ1v) is 6.09. The molecule has 0 fully saturated rings. The van der Waals surface area contributed by atoms with Gasteiger partial charge in [-0.15, -0.1) is 0 Å². The fraction of sp³-hybridized carbons (Fsp3) is 0.0667. The lowest BCUT2D eigenvalue weighted by Gasteiger charge is -1.98. The topological polar surface area (TPSA) is 58.3 Å². The van der Waals surface area contributed by atoms with E-state index in [4.69, 9.17) is 22.4 Å². The smallest absolute Gasteiger partial charge is 0.124 e. The number of nitrogens with one attached hydrogen (secondary N) is 1. The molecule has 0 saturated carbocycles. The second kappa shape index (κ2) is 7.34. The Bertz CT molecular complexity index is 518. The minimum absolute atomic E-state index is 0.169. The third-order valence-corrected chi connectivity index (χ3v) is 2.76. The minimum Gasteiger partial charge on any atom is -0.507 e. The van der Waals surface area contributed by atoms with E-state index in [0.717, 1.165) is 11.4 Å². The number of nitrogens with two attached hydrogens (primary N) is 1. The van der Waals surface area contributed by atoms with Crippen LogP contribution in [0.2, 0.25) is 5.02 Å². The number of aromatic hydroxyl groups is 1. The van der Waals surface area contributed by atoms with Crippen LogP contribution in [0.15, 0.2) is 49.0 Å². The summed E-state index contributed by atoms with van der Waals surface area (Å²) in [5, 5.41) is 12.7. The molecule has 0 aliphatic rings. The van der Waals surface area contributed by atoms with Crippen LogP contribution in [0.5, 0.6) is 5.75 Å². The molecule has 100 valence electrons. The van der Waals surface area contributed by atoms with E-state index in [1.54, 1.807) is 18.2 Å². The fourth-order valence-corrected chi connectivity index (χ4v) is 1.62. The number of phenols is 1. The van der Waals surface area contributed by atoms with Crippen molar-refractivity contribution in [2.45, 2.75) is 0 Å².